The number of nitrogens with zero attached hydrogens (tertiary/aromatic N) is 1. The van der Waals surface area contributed by atoms with E-state index in [2.05, 4.69) is 15.9 Å². The van der Waals surface area contributed by atoms with Crippen molar-refractivity contribution in [3.8, 4) is 0 Å². The smallest absolute Gasteiger partial charge is 0.262 e. The summed E-state index contributed by atoms with van der Waals surface area (Å²) >= 11 is 2.87. The minimum Gasteiger partial charge on any atom is -0.262 e. The number of benzene rings is 1. The topological polar surface area (TPSA) is 43.1 Å². The standard InChI is InChI=1S/C7H5BrNO2/c8-7(9(10)11)6-4-2-1-3-5-6/h1-5H. The first-order valence-electron chi connectivity index (χ1n) is 2.94. The van der Waals surface area contributed by atoms with Gasteiger partial charge in [-0.25, -0.2) is 0 Å². The van der Waals surface area contributed by atoms with E-state index in [0.29, 0.717) is 5.56 Å². The Hall–Kier alpha value is -0.900. The van der Waals surface area contributed by atoms with Gasteiger partial charge in [-0.1, -0.05) is 30.3 Å². The zero-order chi connectivity index (χ0) is 8.27. The average Bonchev–Trinajstić information content (AvgIpc) is 2.05. The lowest BCUT2D eigenvalue weighted by atomic mass is 10.2. The minimum absolute atomic E-state index is 0.00176. The van der Waals surface area contributed by atoms with E-state index in [0.717, 1.165) is 0 Å². The summed E-state index contributed by atoms with van der Waals surface area (Å²) < 4.78 is 0. The van der Waals surface area contributed by atoms with E-state index in [1.165, 1.54) is 0 Å². The molecule has 3 nitrogen and oxygen atoms in total. The van der Waals surface area contributed by atoms with Crippen molar-refractivity contribution in [2.24, 2.45) is 0 Å². The van der Waals surface area contributed by atoms with E-state index in [4.69, 9.17) is 0 Å². The molecule has 0 aromatic heterocycles. The SMILES string of the molecule is O=[N+]([O-])[C](Br)c1ccccc1. The van der Waals surface area contributed by atoms with Crippen molar-refractivity contribution in [1.82, 2.24) is 0 Å². The number of hydrogen-bond donors (Lipinski definition) is 0. The van der Waals surface area contributed by atoms with E-state index in [1.54, 1.807) is 24.3 Å². The zero-order valence-corrected chi connectivity index (χ0v) is 7.11. The first-order valence-corrected chi connectivity index (χ1v) is 3.73. The normalized spacial score (nSPS) is 10.0. The molecule has 0 fully saturated rings. The molecule has 1 aromatic rings. The molecule has 1 aromatic carbocycles. The molecule has 57 valence electrons. The Morgan fingerprint density at radius 1 is 1.36 bits per heavy atom. The van der Waals surface area contributed by atoms with Crippen molar-refractivity contribution in [3.63, 3.8) is 0 Å². The lowest BCUT2D eigenvalue weighted by Gasteiger charge is -1.97. The molecule has 0 heterocycles. The van der Waals surface area contributed by atoms with Gasteiger partial charge in [0.05, 0.1) is 4.92 Å². The van der Waals surface area contributed by atoms with Gasteiger partial charge in [0.25, 0.3) is 0 Å². The summed E-state index contributed by atoms with van der Waals surface area (Å²) in [5, 5.41) is 10.2. The Bertz CT molecular complexity index is 250. The summed E-state index contributed by atoms with van der Waals surface area (Å²) in [6, 6.07) is 8.66. The molecule has 0 aliphatic carbocycles. The average molecular weight is 215 g/mol. The molecular weight excluding hydrogens is 210 g/mol. The molecule has 0 amide bonds. The Morgan fingerprint density at radius 3 is 2.36 bits per heavy atom. The van der Waals surface area contributed by atoms with Gasteiger partial charge in [-0.3, -0.25) is 10.1 Å². The fraction of sp³-hybridized carbons (Fsp3) is 0. The Kier molecular flexibility index (Phi) is 2.59. The maximum absolute atomic E-state index is 10.2. The third-order valence-electron chi connectivity index (χ3n) is 1.17. The molecule has 0 saturated carbocycles. The molecule has 1 rings (SSSR count). The first-order chi connectivity index (χ1) is 5.22. The molecular formula is C7H5BrNO2. The summed E-state index contributed by atoms with van der Waals surface area (Å²) in [4.78, 5) is 9.76. The van der Waals surface area contributed by atoms with Crippen LogP contribution in [-0.2, 0) is 0 Å². The Balaban J connectivity index is 2.85. The first kappa shape index (κ1) is 8.20. The van der Waals surface area contributed by atoms with Crippen LogP contribution in [0.5, 0.6) is 0 Å². The highest BCUT2D eigenvalue weighted by Crippen LogP contribution is 2.20. The second kappa shape index (κ2) is 3.48. The van der Waals surface area contributed by atoms with Crippen LogP contribution in [0, 0.1) is 15.1 Å². The highest BCUT2D eigenvalue weighted by Gasteiger charge is 2.20. The fourth-order valence-electron chi connectivity index (χ4n) is 0.681. The molecule has 0 spiro atoms. The predicted molar refractivity (Wildman–Crippen MR) is 44.7 cm³/mol. The van der Waals surface area contributed by atoms with E-state index >= 15 is 0 Å². The fourth-order valence-corrected chi connectivity index (χ4v) is 0.945. The molecule has 0 N–H and O–H groups in total. The van der Waals surface area contributed by atoms with Crippen LogP contribution in [0.3, 0.4) is 0 Å². The van der Waals surface area contributed by atoms with Crippen LogP contribution < -0.4 is 0 Å². The van der Waals surface area contributed by atoms with E-state index < -0.39 is 4.92 Å². The monoisotopic (exact) mass is 214 g/mol. The van der Waals surface area contributed by atoms with Gasteiger partial charge in [0.15, 0.2) is 0 Å². The summed E-state index contributed by atoms with van der Waals surface area (Å²) in [6.07, 6.45) is 0. The van der Waals surface area contributed by atoms with Crippen molar-refractivity contribution in [2.45, 2.75) is 0 Å². The number of hydrogen-bond acceptors (Lipinski definition) is 2. The molecule has 0 unspecified atom stereocenters. The van der Waals surface area contributed by atoms with Crippen molar-refractivity contribution in [2.75, 3.05) is 0 Å². The lowest BCUT2D eigenvalue weighted by molar-refractivity contribution is -0.437. The van der Waals surface area contributed by atoms with Crippen LogP contribution in [0.2, 0.25) is 0 Å². The van der Waals surface area contributed by atoms with Crippen LogP contribution in [0.1, 0.15) is 5.56 Å². The van der Waals surface area contributed by atoms with Gasteiger partial charge in [0.2, 0.25) is 0 Å². The Labute approximate surface area is 72.3 Å². The molecule has 11 heavy (non-hydrogen) atoms. The molecule has 0 aliphatic rings. The molecule has 0 atom stereocenters. The third-order valence-corrected chi connectivity index (χ3v) is 1.92. The van der Waals surface area contributed by atoms with Gasteiger partial charge in [0.1, 0.15) is 0 Å². The molecule has 4 heteroatoms. The van der Waals surface area contributed by atoms with Crippen LogP contribution in [0.4, 0.5) is 0 Å². The van der Waals surface area contributed by atoms with Crippen LogP contribution in [0.25, 0.3) is 0 Å². The Morgan fingerprint density at radius 2 is 1.91 bits per heavy atom. The van der Waals surface area contributed by atoms with Gasteiger partial charge in [-0.15, -0.1) is 0 Å². The van der Waals surface area contributed by atoms with E-state index in [-0.39, 0.29) is 4.95 Å². The quantitative estimate of drug-likeness (QED) is 0.431. The second-order valence-corrected chi connectivity index (χ2v) is 2.67. The molecule has 0 saturated heterocycles. The summed E-state index contributed by atoms with van der Waals surface area (Å²) in [5.41, 5.74) is 0.581. The predicted octanol–water partition coefficient (Wildman–Crippen LogP) is 2.20. The second-order valence-electron chi connectivity index (χ2n) is 1.91. The number of rotatable bonds is 2. The van der Waals surface area contributed by atoms with E-state index in [1.807, 2.05) is 6.07 Å². The van der Waals surface area contributed by atoms with E-state index in [9.17, 15) is 10.1 Å². The highest BCUT2D eigenvalue weighted by atomic mass is 79.9. The highest BCUT2D eigenvalue weighted by molar-refractivity contribution is 9.11. The summed E-state index contributed by atoms with van der Waals surface area (Å²) in [6.45, 7) is 0. The minimum atomic E-state index is -0.463. The van der Waals surface area contributed by atoms with Gasteiger partial charge in [-0.05, 0) is 0 Å². The third kappa shape index (κ3) is 2.01. The summed E-state index contributed by atoms with van der Waals surface area (Å²) in [7, 11) is 0. The van der Waals surface area contributed by atoms with Crippen molar-refractivity contribution in [3.05, 3.63) is 51.0 Å². The maximum Gasteiger partial charge on any atom is 0.382 e. The molecule has 1 radical (unpaired) electrons. The van der Waals surface area contributed by atoms with Crippen LogP contribution >= 0.6 is 15.9 Å². The van der Waals surface area contributed by atoms with Crippen molar-refractivity contribution in [1.29, 1.82) is 0 Å². The molecule has 0 bridgehead atoms. The summed E-state index contributed by atoms with van der Waals surface area (Å²) in [5.74, 6) is 0. The van der Waals surface area contributed by atoms with Gasteiger partial charge < -0.3 is 0 Å². The zero-order valence-electron chi connectivity index (χ0n) is 5.53. The molecule has 0 aliphatic heterocycles. The maximum atomic E-state index is 10.2. The largest absolute Gasteiger partial charge is 0.382 e. The number of halogens is 1. The van der Waals surface area contributed by atoms with Crippen LogP contribution in [-0.4, -0.2) is 4.92 Å². The van der Waals surface area contributed by atoms with Crippen molar-refractivity contribution >= 4 is 15.9 Å². The number of nitro groups is 1. The van der Waals surface area contributed by atoms with Gasteiger partial charge >= 0.3 is 4.95 Å². The van der Waals surface area contributed by atoms with Gasteiger partial charge in [-0.2, -0.15) is 0 Å². The van der Waals surface area contributed by atoms with Crippen molar-refractivity contribution < 1.29 is 4.92 Å². The van der Waals surface area contributed by atoms with Gasteiger partial charge in [0, 0.05) is 21.5 Å². The van der Waals surface area contributed by atoms with Crippen LogP contribution in [0.15, 0.2) is 30.3 Å². The lowest BCUT2D eigenvalue weighted by Crippen LogP contribution is -2.02.